The van der Waals surface area contributed by atoms with E-state index in [1.807, 2.05) is 30.3 Å². The molecule has 0 radical (unpaired) electrons. The predicted octanol–water partition coefficient (Wildman–Crippen LogP) is 4.44. The predicted molar refractivity (Wildman–Crippen MR) is 105 cm³/mol. The highest BCUT2D eigenvalue weighted by molar-refractivity contribution is 7.99. The minimum Gasteiger partial charge on any atom is -0.497 e. The summed E-state index contributed by atoms with van der Waals surface area (Å²) in [5.41, 5.74) is 1.86. The van der Waals surface area contributed by atoms with E-state index in [0.29, 0.717) is 24.6 Å². The number of hydrogen-bond acceptors (Lipinski definition) is 4. The Bertz CT molecular complexity index is 832. The molecule has 2 atom stereocenters. The third-order valence-electron chi connectivity index (χ3n) is 4.98. The highest BCUT2D eigenvalue weighted by Gasteiger charge is 2.32. The molecular formula is C21H22N2O3S. The van der Waals surface area contributed by atoms with Gasteiger partial charge in [0, 0.05) is 23.7 Å². The molecule has 1 fully saturated rings. The second kappa shape index (κ2) is 8.83. The Labute approximate surface area is 163 Å². The molecule has 1 amide bonds. The van der Waals surface area contributed by atoms with E-state index in [2.05, 4.69) is 18.2 Å². The zero-order valence-corrected chi connectivity index (χ0v) is 16.0. The normalized spacial score (nSPS) is 19.3. The molecule has 0 bridgehead atoms. The fourth-order valence-corrected chi connectivity index (χ4v) is 4.65. The zero-order chi connectivity index (χ0) is 19.2. The van der Waals surface area contributed by atoms with E-state index in [1.165, 1.54) is 10.5 Å². The van der Waals surface area contributed by atoms with E-state index in [1.54, 1.807) is 24.9 Å². The first-order valence-electron chi connectivity index (χ1n) is 8.85. The smallest absolute Gasteiger partial charge is 0.407 e. The quantitative estimate of drug-likeness (QED) is 0.774. The summed E-state index contributed by atoms with van der Waals surface area (Å²) in [5, 5.41) is 18.5. The molecule has 5 nitrogen and oxygen atoms in total. The first kappa shape index (κ1) is 19.1. The van der Waals surface area contributed by atoms with Crippen molar-refractivity contribution in [3.05, 3.63) is 59.7 Å². The molecule has 27 heavy (non-hydrogen) atoms. The number of nitrogens with zero attached hydrogens (tertiary/aromatic N) is 2. The van der Waals surface area contributed by atoms with Gasteiger partial charge in [-0.05, 0) is 54.2 Å². The largest absolute Gasteiger partial charge is 0.497 e. The Morgan fingerprint density at radius 3 is 2.78 bits per heavy atom. The van der Waals surface area contributed by atoms with Crippen LogP contribution in [0.4, 0.5) is 4.79 Å². The lowest BCUT2D eigenvalue weighted by Crippen LogP contribution is -2.43. The summed E-state index contributed by atoms with van der Waals surface area (Å²) in [6.07, 6.45) is -0.0492. The van der Waals surface area contributed by atoms with Gasteiger partial charge in [-0.1, -0.05) is 18.2 Å². The number of hydrogen-bond donors (Lipinski definition) is 1. The number of likely N-dealkylation sites (tertiary alicyclic amines) is 1. The van der Waals surface area contributed by atoms with Gasteiger partial charge in [-0.15, -0.1) is 11.8 Å². The summed E-state index contributed by atoms with van der Waals surface area (Å²) >= 11 is 1.68. The van der Waals surface area contributed by atoms with E-state index in [-0.39, 0.29) is 5.92 Å². The van der Waals surface area contributed by atoms with Crippen molar-refractivity contribution in [2.75, 3.05) is 26.0 Å². The minimum atomic E-state index is -0.857. The molecule has 140 valence electrons. The minimum absolute atomic E-state index is 0.207. The number of ether oxygens (including phenoxy) is 1. The maximum atomic E-state index is 11.5. The molecule has 1 aliphatic heterocycles. The van der Waals surface area contributed by atoms with E-state index in [4.69, 9.17) is 10.00 Å². The van der Waals surface area contributed by atoms with Crippen molar-refractivity contribution in [1.82, 2.24) is 4.90 Å². The van der Waals surface area contributed by atoms with Crippen LogP contribution < -0.4 is 4.74 Å². The molecule has 0 saturated carbocycles. The van der Waals surface area contributed by atoms with Crippen molar-refractivity contribution in [1.29, 1.82) is 5.26 Å². The number of methoxy groups -OCH3 is 1. The van der Waals surface area contributed by atoms with Crippen LogP contribution in [0.2, 0.25) is 0 Å². The van der Waals surface area contributed by atoms with Crippen molar-refractivity contribution in [2.24, 2.45) is 5.92 Å². The molecule has 1 saturated heterocycles. The molecule has 0 aromatic heterocycles. The summed E-state index contributed by atoms with van der Waals surface area (Å²) in [6.45, 7) is 1.08. The highest BCUT2D eigenvalue weighted by Crippen LogP contribution is 2.37. The topological polar surface area (TPSA) is 73.6 Å². The second-order valence-corrected chi connectivity index (χ2v) is 7.70. The van der Waals surface area contributed by atoms with Crippen LogP contribution in [0.1, 0.15) is 23.5 Å². The Morgan fingerprint density at radius 1 is 1.33 bits per heavy atom. The van der Waals surface area contributed by atoms with Crippen LogP contribution in [-0.2, 0) is 0 Å². The Balaban J connectivity index is 1.76. The van der Waals surface area contributed by atoms with Crippen LogP contribution in [-0.4, -0.2) is 42.1 Å². The first-order valence-corrected chi connectivity index (χ1v) is 9.84. The van der Waals surface area contributed by atoms with Gasteiger partial charge in [0.15, 0.2) is 0 Å². The SMILES string of the molecule is COc1ccc([C@@H]2CCN(C(=O)O)C[C@H]2CSc2cccc(C#N)c2)cc1. The van der Waals surface area contributed by atoms with E-state index < -0.39 is 6.09 Å². The number of thioether (sulfide) groups is 1. The molecule has 2 aromatic rings. The zero-order valence-electron chi connectivity index (χ0n) is 15.2. The lowest BCUT2D eigenvalue weighted by Gasteiger charge is -2.37. The lowest BCUT2D eigenvalue weighted by atomic mass is 9.81. The third kappa shape index (κ3) is 4.75. The maximum absolute atomic E-state index is 11.5. The number of piperidine rings is 1. The molecule has 3 rings (SSSR count). The van der Waals surface area contributed by atoms with Crippen LogP contribution in [0.25, 0.3) is 0 Å². The van der Waals surface area contributed by atoms with Crippen molar-refractivity contribution < 1.29 is 14.6 Å². The van der Waals surface area contributed by atoms with Crippen LogP contribution in [0.5, 0.6) is 5.75 Å². The molecule has 0 spiro atoms. The van der Waals surface area contributed by atoms with Gasteiger partial charge in [-0.2, -0.15) is 5.26 Å². The van der Waals surface area contributed by atoms with Gasteiger partial charge in [-0.25, -0.2) is 4.79 Å². The number of carbonyl (C=O) groups is 1. The van der Waals surface area contributed by atoms with Crippen LogP contribution in [0.3, 0.4) is 0 Å². The average Bonchev–Trinajstić information content (AvgIpc) is 2.72. The molecule has 0 unspecified atom stereocenters. The summed E-state index contributed by atoms with van der Waals surface area (Å²) in [4.78, 5) is 14.0. The fourth-order valence-electron chi connectivity index (χ4n) is 3.52. The van der Waals surface area contributed by atoms with Crippen molar-refractivity contribution in [2.45, 2.75) is 17.2 Å². The van der Waals surface area contributed by atoms with Crippen LogP contribution in [0, 0.1) is 17.2 Å². The van der Waals surface area contributed by atoms with Crippen LogP contribution in [0.15, 0.2) is 53.4 Å². The average molecular weight is 382 g/mol. The van der Waals surface area contributed by atoms with Crippen molar-refractivity contribution >= 4 is 17.9 Å². The Morgan fingerprint density at radius 2 is 2.11 bits per heavy atom. The number of carboxylic acid groups (broad SMARTS) is 1. The third-order valence-corrected chi connectivity index (χ3v) is 6.16. The molecule has 6 heteroatoms. The van der Waals surface area contributed by atoms with Crippen LogP contribution >= 0.6 is 11.8 Å². The van der Waals surface area contributed by atoms with Crippen molar-refractivity contribution in [3.63, 3.8) is 0 Å². The van der Waals surface area contributed by atoms with Gasteiger partial charge < -0.3 is 14.7 Å². The van der Waals surface area contributed by atoms with Gasteiger partial charge in [0.25, 0.3) is 0 Å². The van der Waals surface area contributed by atoms with Gasteiger partial charge >= 0.3 is 6.09 Å². The van der Waals surface area contributed by atoms with Gasteiger partial charge in [0.05, 0.1) is 18.7 Å². The lowest BCUT2D eigenvalue weighted by molar-refractivity contribution is 0.117. The monoisotopic (exact) mass is 382 g/mol. The molecule has 1 aliphatic rings. The number of amides is 1. The molecule has 1 heterocycles. The number of benzene rings is 2. The summed E-state index contributed by atoms with van der Waals surface area (Å²) < 4.78 is 5.24. The molecule has 1 N–H and O–H groups in total. The Hall–Kier alpha value is -2.65. The number of rotatable bonds is 5. The van der Waals surface area contributed by atoms with Gasteiger partial charge in [0.2, 0.25) is 0 Å². The first-order chi connectivity index (χ1) is 13.1. The summed E-state index contributed by atoms with van der Waals surface area (Å²) in [7, 11) is 1.65. The maximum Gasteiger partial charge on any atom is 0.407 e. The summed E-state index contributed by atoms with van der Waals surface area (Å²) in [5.74, 6) is 2.13. The molecular weight excluding hydrogens is 360 g/mol. The van der Waals surface area contributed by atoms with Gasteiger partial charge in [-0.3, -0.25) is 0 Å². The highest BCUT2D eigenvalue weighted by atomic mass is 32.2. The Kier molecular flexibility index (Phi) is 6.25. The molecule has 0 aliphatic carbocycles. The van der Waals surface area contributed by atoms with E-state index in [9.17, 15) is 9.90 Å². The standard InChI is InChI=1S/C21H22N2O3S/c1-26-18-7-5-16(6-8-18)20-9-10-23(21(24)25)13-17(20)14-27-19-4-2-3-15(11-19)12-22/h2-8,11,17,20H,9-10,13-14H2,1H3,(H,24,25)/t17-,20-/m0/s1. The summed E-state index contributed by atoms with van der Waals surface area (Å²) in [6, 6.07) is 17.8. The van der Waals surface area contributed by atoms with Gasteiger partial charge in [0.1, 0.15) is 5.75 Å². The van der Waals surface area contributed by atoms with Crippen molar-refractivity contribution in [3.8, 4) is 11.8 Å². The molecule has 2 aromatic carbocycles. The van der Waals surface area contributed by atoms with E-state index >= 15 is 0 Å². The number of nitriles is 1. The van der Waals surface area contributed by atoms with E-state index in [0.717, 1.165) is 22.8 Å². The fraction of sp³-hybridized carbons (Fsp3) is 0.333. The second-order valence-electron chi connectivity index (χ2n) is 6.61.